The van der Waals surface area contributed by atoms with Crippen LogP contribution >= 0.6 is 0 Å². The van der Waals surface area contributed by atoms with E-state index < -0.39 is 11.9 Å². The Labute approximate surface area is 121 Å². The number of aliphatic carboxylic acids is 2. The van der Waals surface area contributed by atoms with Crippen molar-refractivity contribution < 1.29 is 19.8 Å². The van der Waals surface area contributed by atoms with Crippen molar-refractivity contribution >= 4 is 11.9 Å². The highest BCUT2D eigenvalue weighted by molar-refractivity contribution is 5.96. The SMILES string of the molecule is CCCCCCCCCC/C=C/C(=C/C(=O)O)C(=O)O. The van der Waals surface area contributed by atoms with Crippen LogP contribution in [0.25, 0.3) is 0 Å². The molecule has 0 amide bonds. The molecule has 0 aromatic rings. The van der Waals surface area contributed by atoms with Crippen LogP contribution in [0.1, 0.15) is 64.7 Å². The molecule has 0 saturated carbocycles. The van der Waals surface area contributed by atoms with E-state index in [4.69, 9.17) is 10.2 Å². The van der Waals surface area contributed by atoms with Crippen LogP contribution in [-0.2, 0) is 9.59 Å². The fourth-order valence-corrected chi connectivity index (χ4v) is 1.92. The van der Waals surface area contributed by atoms with Gasteiger partial charge in [0.25, 0.3) is 0 Å². The van der Waals surface area contributed by atoms with Crippen molar-refractivity contribution in [1.29, 1.82) is 0 Å². The summed E-state index contributed by atoms with van der Waals surface area (Å²) in [7, 11) is 0. The minimum absolute atomic E-state index is 0.183. The molecular weight excluding hydrogens is 256 g/mol. The lowest BCUT2D eigenvalue weighted by molar-refractivity contribution is -0.134. The van der Waals surface area contributed by atoms with E-state index in [2.05, 4.69) is 6.92 Å². The molecule has 0 aliphatic carbocycles. The van der Waals surface area contributed by atoms with Crippen LogP contribution in [0.4, 0.5) is 0 Å². The zero-order chi connectivity index (χ0) is 15.2. The molecule has 0 aromatic carbocycles. The molecule has 20 heavy (non-hydrogen) atoms. The van der Waals surface area contributed by atoms with Gasteiger partial charge in [0.2, 0.25) is 0 Å². The third kappa shape index (κ3) is 11.5. The minimum Gasteiger partial charge on any atom is -0.478 e. The van der Waals surface area contributed by atoms with E-state index in [1.165, 1.54) is 44.6 Å². The van der Waals surface area contributed by atoms with E-state index >= 15 is 0 Å². The second-order valence-electron chi connectivity index (χ2n) is 4.91. The fourth-order valence-electron chi connectivity index (χ4n) is 1.92. The van der Waals surface area contributed by atoms with Crippen molar-refractivity contribution in [3.05, 3.63) is 23.8 Å². The number of unbranched alkanes of at least 4 members (excludes halogenated alkanes) is 8. The van der Waals surface area contributed by atoms with Crippen molar-refractivity contribution in [3.8, 4) is 0 Å². The summed E-state index contributed by atoms with van der Waals surface area (Å²) >= 11 is 0. The molecule has 0 radical (unpaired) electrons. The van der Waals surface area contributed by atoms with Crippen molar-refractivity contribution in [3.63, 3.8) is 0 Å². The summed E-state index contributed by atoms with van der Waals surface area (Å²) in [6.45, 7) is 2.20. The Hall–Kier alpha value is -1.58. The van der Waals surface area contributed by atoms with Gasteiger partial charge in [-0.25, -0.2) is 9.59 Å². The highest BCUT2D eigenvalue weighted by atomic mass is 16.4. The number of rotatable bonds is 12. The summed E-state index contributed by atoms with van der Waals surface area (Å²) in [5.41, 5.74) is -0.183. The quantitative estimate of drug-likeness (QED) is 0.320. The van der Waals surface area contributed by atoms with Gasteiger partial charge >= 0.3 is 11.9 Å². The maximum absolute atomic E-state index is 10.7. The number of hydrogen-bond acceptors (Lipinski definition) is 2. The van der Waals surface area contributed by atoms with Gasteiger partial charge in [0, 0.05) is 6.08 Å². The van der Waals surface area contributed by atoms with Gasteiger partial charge in [-0.05, 0) is 12.8 Å². The van der Waals surface area contributed by atoms with Gasteiger partial charge in [-0.2, -0.15) is 0 Å². The second-order valence-corrected chi connectivity index (χ2v) is 4.91. The average molecular weight is 282 g/mol. The van der Waals surface area contributed by atoms with Crippen molar-refractivity contribution in [2.45, 2.75) is 64.7 Å². The molecule has 0 fully saturated rings. The lowest BCUT2D eigenvalue weighted by Crippen LogP contribution is -2.01. The minimum atomic E-state index is -1.24. The first-order chi connectivity index (χ1) is 9.57. The molecule has 0 aromatic heterocycles. The molecule has 4 heteroatoms. The van der Waals surface area contributed by atoms with Gasteiger partial charge in [-0.15, -0.1) is 0 Å². The van der Waals surface area contributed by atoms with Gasteiger partial charge in [0.1, 0.15) is 0 Å². The predicted octanol–water partition coefficient (Wildman–Crippen LogP) is 4.17. The van der Waals surface area contributed by atoms with E-state index in [0.29, 0.717) is 6.08 Å². The monoisotopic (exact) mass is 282 g/mol. The van der Waals surface area contributed by atoms with Crippen LogP contribution in [0.2, 0.25) is 0 Å². The van der Waals surface area contributed by atoms with Gasteiger partial charge < -0.3 is 10.2 Å². The lowest BCUT2D eigenvalue weighted by Gasteiger charge is -2.00. The van der Waals surface area contributed by atoms with Gasteiger partial charge in [0.05, 0.1) is 5.57 Å². The van der Waals surface area contributed by atoms with Crippen LogP contribution in [0.5, 0.6) is 0 Å². The zero-order valence-corrected chi connectivity index (χ0v) is 12.3. The Balaban J connectivity index is 3.69. The first kappa shape index (κ1) is 18.4. The van der Waals surface area contributed by atoms with E-state index in [-0.39, 0.29) is 5.57 Å². The molecule has 0 rings (SSSR count). The Morgan fingerprint density at radius 2 is 1.45 bits per heavy atom. The molecule has 0 heterocycles. The maximum Gasteiger partial charge on any atom is 0.335 e. The van der Waals surface area contributed by atoms with Crippen LogP contribution in [-0.4, -0.2) is 22.2 Å². The first-order valence-corrected chi connectivity index (χ1v) is 7.42. The fraction of sp³-hybridized carbons (Fsp3) is 0.625. The van der Waals surface area contributed by atoms with E-state index in [1.54, 1.807) is 6.08 Å². The molecule has 0 spiro atoms. The Kier molecular flexibility index (Phi) is 11.5. The zero-order valence-electron chi connectivity index (χ0n) is 12.3. The maximum atomic E-state index is 10.7. The number of carboxylic acids is 2. The standard InChI is InChI=1S/C16H26O4/c1-2-3-4-5-6-7-8-9-10-11-12-14(16(19)20)13-15(17)18/h11-13H,2-10H2,1H3,(H,17,18)(H,19,20)/b12-11+,14-13-. The van der Waals surface area contributed by atoms with Crippen molar-refractivity contribution in [2.24, 2.45) is 0 Å². The Morgan fingerprint density at radius 1 is 0.900 bits per heavy atom. The van der Waals surface area contributed by atoms with Crippen molar-refractivity contribution in [2.75, 3.05) is 0 Å². The highest BCUT2D eigenvalue weighted by Crippen LogP contribution is 2.10. The molecule has 0 saturated heterocycles. The summed E-state index contributed by atoms with van der Waals surface area (Å²) in [6, 6.07) is 0. The third-order valence-electron chi connectivity index (χ3n) is 3.05. The van der Waals surface area contributed by atoms with Crippen LogP contribution < -0.4 is 0 Å². The summed E-state index contributed by atoms with van der Waals surface area (Å²) in [5, 5.41) is 17.3. The first-order valence-electron chi connectivity index (χ1n) is 7.42. The predicted molar refractivity (Wildman–Crippen MR) is 79.7 cm³/mol. The molecule has 0 bridgehead atoms. The van der Waals surface area contributed by atoms with Crippen LogP contribution in [0.15, 0.2) is 23.8 Å². The molecule has 114 valence electrons. The normalized spacial score (nSPS) is 11.9. The Bertz CT molecular complexity index is 342. The largest absolute Gasteiger partial charge is 0.478 e. The highest BCUT2D eigenvalue weighted by Gasteiger charge is 2.04. The Morgan fingerprint density at radius 3 is 1.95 bits per heavy atom. The van der Waals surface area contributed by atoms with E-state index in [9.17, 15) is 9.59 Å². The molecule has 0 aliphatic rings. The molecule has 4 nitrogen and oxygen atoms in total. The third-order valence-corrected chi connectivity index (χ3v) is 3.05. The average Bonchev–Trinajstić information content (AvgIpc) is 2.39. The number of allylic oxidation sites excluding steroid dienone is 1. The number of carboxylic acid groups (broad SMARTS) is 2. The van der Waals surface area contributed by atoms with Crippen molar-refractivity contribution in [1.82, 2.24) is 0 Å². The molecule has 0 atom stereocenters. The summed E-state index contributed by atoms with van der Waals surface area (Å²) < 4.78 is 0. The summed E-state index contributed by atoms with van der Waals surface area (Å²) in [4.78, 5) is 21.2. The van der Waals surface area contributed by atoms with Gasteiger partial charge in [0.15, 0.2) is 0 Å². The molecule has 0 aliphatic heterocycles. The van der Waals surface area contributed by atoms with Crippen LogP contribution in [0, 0.1) is 0 Å². The summed E-state index contributed by atoms with van der Waals surface area (Å²) in [5.74, 6) is -2.45. The molecule has 0 unspecified atom stereocenters. The van der Waals surface area contributed by atoms with Gasteiger partial charge in [-0.1, -0.05) is 64.0 Å². The smallest absolute Gasteiger partial charge is 0.335 e. The topological polar surface area (TPSA) is 74.6 Å². The summed E-state index contributed by atoms with van der Waals surface area (Å²) in [6.07, 6.45) is 14.5. The molecule has 2 N–H and O–H groups in total. The van der Waals surface area contributed by atoms with E-state index in [1.807, 2.05) is 0 Å². The molecular formula is C16H26O4. The second kappa shape index (κ2) is 12.5. The number of hydrogen-bond donors (Lipinski definition) is 2. The van der Waals surface area contributed by atoms with E-state index in [0.717, 1.165) is 19.3 Å². The lowest BCUT2D eigenvalue weighted by atomic mass is 10.1. The number of carbonyl (C=O) groups is 2. The van der Waals surface area contributed by atoms with Gasteiger partial charge in [-0.3, -0.25) is 0 Å². The van der Waals surface area contributed by atoms with Crippen LogP contribution in [0.3, 0.4) is 0 Å².